The zero-order chi connectivity index (χ0) is 42.9. The largest absolute Gasteiger partial charge is 0.496 e. The van der Waals surface area contributed by atoms with E-state index in [1.807, 2.05) is 0 Å². The lowest BCUT2D eigenvalue weighted by Gasteiger charge is -2.13. The summed E-state index contributed by atoms with van der Waals surface area (Å²) in [6, 6.07) is 10.5. The van der Waals surface area contributed by atoms with Gasteiger partial charge in [-0.15, -0.1) is 0 Å². The van der Waals surface area contributed by atoms with Crippen LogP contribution in [0, 0.1) is 6.85 Å². The first-order chi connectivity index (χ1) is 25.8. The molecule has 0 atom stereocenters. The molecule has 1 fully saturated rings. The van der Waals surface area contributed by atoms with E-state index in [1.54, 1.807) is 4.72 Å². The third-order valence-electron chi connectivity index (χ3n) is 5.97. The summed E-state index contributed by atoms with van der Waals surface area (Å²) < 4.78 is 168. The highest BCUT2D eigenvalue weighted by molar-refractivity contribution is 7.90. The lowest BCUT2D eigenvalue weighted by atomic mass is 10.0. The molecule has 5 rings (SSSR count). The summed E-state index contributed by atoms with van der Waals surface area (Å²) in [5, 5.41) is 2.04. The van der Waals surface area contributed by atoms with E-state index in [0.29, 0.717) is 4.57 Å². The van der Waals surface area contributed by atoms with Gasteiger partial charge in [0.1, 0.15) is 11.8 Å². The van der Waals surface area contributed by atoms with E-state index in [0.717, 1.165) is 42.6 Å². The molecule has 1 aliphatic carbocycles. The van der Waals surface area contributed by atoms with E-state index in [-0.39, 0.29) is 16.6 Å². The number of aryl methyl sites for hydroxylation is 2. The standard InChI is InChI=1S/C31H33N3O6S/c1-20-8-4-7-11-29(20)41(37,38)33-30(35)22-13-12-21(28(17-22)39-3)16-23-19-34(2)27-15-14-24(18-26(23)27)32-31(36)40-25-9-5-6-10-25/h4,7-8,11-15,17-19,25H,5-6,9-10,16H2,1-3H3,(H,32,36)(H,33,35)/i1D3,2D3,3D3,9D2,10D2,16D2,25D. The summed E-state index contributed by atoms with van der Waals surface area (Å²) in [5.41, 5.74) is -2.50. The lowest BCUT2D eigenvalue weighted by Crippen LogP contribution is -2.31. The normalized spacial score (nSPS) is 24.0. The third kappa shape index (κ3) is 6.22. The SMILES string of the molecule is [2H]C([2H])([2H])Oc1cc(C(=O)NS(=O)(=O)c2ccccc2C([2H])([2H])[2H])ccc1C([2H])([2H])c1cn(C([2H])([2H])[2H])c2ccc(NC(=O)OC3([2H])C([2H])([2H])CCC3([2H])[2H])cc12. The van der Waals surface area contributed by atoms with Crippen molar-refractivity contribution in [3.8, 4) is 5.75 Å². The minimum Gasteiger partial charge on any atom is -0.496 e. The van der Waals surface area contributed by atoms with Gasteiger partial charge in [0.05, 0.1) is 17.4 Å². The van der Waals surface area contributed by atoms with Gasteiger partial charge < -0.3 is 14.0 Å². The number of anilines is 1. The summed E-state index contributed by atoms with van der Waals surface area (Å²) in [7, 11) is -8.13. The van der Waals surface area contributed by atoms with Gasteiger partial charge >= 0.3 is 6.09 Å². The molecule has 0 saturated heterocycles. The number of hydrogen-bond acceptors (Lipinski definition) is 6. The van der Waals surface area contributed by atoms with Crippen LogP contribution in [-0.2, 0) is 28.1 Å². The molecule has 0 unspecified atom stereocenters. The van der Waals surface area contributed by atoms with Crippen LogP contribution in [0.2, 0.25) is 0 Å². The number of methoxy groups -OCH3 is 1. The molecule has 41 heavy (non-hydrogen) atoms. The molecule has 0 spiro atoms. The molecule has 2 N–H and O–H groups in total. The zero-order valence-electron chi connectivity index (χ0n) is 37.1. The van der Waals surface area contributed by atoms with Crippen molar-refractivity contribution in [2.45, 2.75) is 49.8 Å². The topological polar surface area (TPSA) is 116 Å². The lowest BCUT2D eigenvalue weighted by molar-refractivity contribution is 0.0980. The van der Waals surface area contributed by atoms with Crippen LogP contribution in [0.1, 0.15) is 74.6 Å². The van der Waals surface area contributed by atoms with Crippen LogP contribution in [-0.4, -0.2) is 38.1 Å². The van der Waals surface area contributed by atoms with Crippen molar-refractivity contribution >= 4 is 38.6 Å². The number of benzene rings is 3. The van der Waals surface area contributed by atoms with Crippen molar-refractivity contribution < 1.29 is 49.4 Å². The quantitative estimate of drug-likeness (QED) is 0.272. The fraction of sp³-hybridized carbons (Fsp3) is 0.290. The van der Waals surface area contributed by atoms with Crippen molar-refractivity contribution in [3.05, 3.63) is 89.1 Å². The molecule has 214 valence electrons. The predicted molar refractivity (Wildman–Crippen MR) is 157 cm³/mol. The molecular weight excluding hydrogens is 542 g/mol. The second-order valence-corrected chi connectivity index (χ2v) is 10.4. The highest BCUT2D eigenvalue weighted by atomic mass is 32.2. The highest BCUT2D eigenvalue weighted by Crippen LogP contribution is 2.30. The molecule has 9 nitrogen and oxygen atoms in total. The van der Waals surface area contributed by atoms with Crippen LogP contribution in [0.15, 0.2) is 71.8 Å². The zero-order valence-corrected chi connectivity index (χ0v) is 21.9. The molecule has 1 aliphatic rings. The second-order valence-electron chi connectivity index (χ2n) is 8.71. The fourth-order valence-corrected chi connectivity index (χ4v) is 5.15. The molecule has 4 aromatic rings. The van der Waals surface area contributed by atoms with Crippen LogP contribution < -0.4 is 14.8 Å². The van der Waals surface area contributed by atoms with Crippen molar-refractivity contribution in [2.75, 3.05) is 12.4 Å². The molecule has 1 heterocycles. The first-order valence-electron chi connectivity index (χ1n) is 20.0. The number of nitrogens with one attached hydrogen (secondary N) is 2. The smallest absolute Gasteiger partial charge is 0.411 e. The van der Waals surface area contributed by atoms with Crippen LogP contribution in [0.4, 0.5) is 10.5 Å². The van der Waals surface area contributed by atoms with Gasteiger partial charge in [0.2, 0.25) is 0 Å². The summed E-state index contributed by atoms with van der Waals surface area (Å²) >= 11 is 0. The Morgan fingerprint density at radius 3 is 2.73 bits per heavy atom. The Morgan fingerprint density at radius 1 is 1.12 bits per heavy atom. The van der Waals surface area contributed by atoms with Crippen molar-refractivity contribution in [1.29, 1.82) is 0 Å². The number of aromatic nitrogens is 1. The number of rotatable bonds is 8. The fourth-order valence-electron chi connectivity index (χ4n) is 4.06. The Kier molecular flexibility index (Phi) is 4.14. The highest BCUT2D eigenvalue weighted by Gasteiger charge is 2.22. The molecule has 0 radical (unpaired) electrons. The number of fused-ring (bicyclic) bond motifs is 1. The van der Waals surface area contributed by atoms with Gasteiger partial charge in [0.25, 0.3) is 15.9 Å². The van der Waals surface area contributed by atoms with E-state index < -0.39 is 114 Å². The van der Waals surface area contributed by atoms with Gasteiger partial charge in [0.15, 0.2) is 0 Å². The van der Waals surface area contributed by atoms with Crippen LogP contribution in [0.3, 0.4) is 0 Å². The van der Waals surface area contributed by atoms with Crippen molar-refractivity contribution in [3.63, 3.8) is 0 Å². The Hall–Kier alpha value is -4.31. The van der Waals surface area contributed by atoms with Crippen LogP contribution >= 0.6 is 0 Å². The van der Waals surface area contributed by atoms with Crippen molar-refractivity contribution in [2.24, 2.45) is 6.98 Å². The number of hydrogen-bond donors (Lipinski definition) is 2. The maximum absolute atomic E-state index is 13.3. The summed E-state index contributed by atoms with van der Waals surface area (Å²) in [6.45, 7) is -5.82. The van der Waals surface area contributed by atoms with Crippen LogP contribution in [0.5, 0.6) is 5.75 Å². The number of carbonyl (C=O) groups excluding carboxylic acids is 2. The first kappa shape index (κ1) is 14.5. The average molecular weight is 592 g/mol. The molecule has 1 saturated carbocycles. The average Bonchev–Trinajstić information content (AvgIpc) is 3.52. The number of sulfonamides is 1. The molecule has 1 aromatic heterocycles. The Morgan fingerprint density at radius 2 is 1.95 bits per heavy atom. The number of amides is 2. The minimum atomic E-state index is -4.85. The molecular formula is C31H33N3O6S. The molecule has 0 aliphatic heterocycles. The van der Waals surface area contributed by atoms with E-state index in [1.165, 1.54) is 24.3 Å². The second kappa shape index (κ2) is 11.7. The van der Waals surface area contributed by atoms with Gasteiger partial charge in [-0.1, -0.05) is 24.3 Å². The maximum atomic E-state index is 13.3. The Labute approximate surface area is 262 Å². The molecule has 10 heteroatoms. The van der Waals surface area contributed by atoms with E-state index in [9.17, 15) is 20.7 Å². The monoisotopic (exact) mass is 591 g/mol. The summed E-state index contributed by atoms with van der Waals surface area (Å²) in [5.74, 6) is -2.19. The van der Waals surface area contributed by atoms with Gasteiger partial charge in [-0.2, -0.15) is 0 Å². The number of carbonyl (C=O) groups is 2. The van der Waals surface area contributed by atoms with E-state index in [2.05, 4.69) is 5.32 Å². The summed E-state index contributed by atoms with van der Waals surface area (Å²) in [4.78, 5) is 25.5. The molecule has 0 bridgehead atoms. The first-order valence-corrected chi connectivity index (χ1v) is 13.5. The summed E-state index contributed by atoms with van der Waals surface area (Å²) in [6.07, 6.45) is -12.4. The number of ether oxygens (including phenoxy) is 2. The molecule has 3 aromatic carbocycles. The molecule has 2 amide bonds. The third-order valence-corrected chi connectivity index (χ3v) is 7.36. The van der Waals surface area contributed by atoms with Gasteiger partial charge in [-0.25, -0.2) is 17.9 Å². The maximum Gasteiger partial charge on any atom is 0.411 e. The number of nitrogens with zero attached hydrogens (tertiary/aromatic N) is 1. The van der Waals surface area contributed by atoms with Crippen LogP contribution in [0.25, 0.3) is 10.9 Å². The van der Waals surface area contributed by atoms with Crippen molar-refractivity contribution in [1.82, 2.24) is 9.29 Å². The predicted octanol–water partition coefficient (Wildman–Crippen LogP) is 5.70. The van der Waals surface area contributed by atoms with Gasteiger partial charge in [0, 0.05) is 58.1 Å². The Bertz CT molecular complexity index is 2340. The van der Waals surface area contributed by atoms with Gasteiger partial charge in [-0.3, -0.25) is 10.1 Å². The van der Waals surface area contributed by atoms with E-state index in [4.69, 9.17) is 28.7 Å². The van der Waals surface area contributed by atoms with E-state index >= 15 is 0 Å². The van der Waals surface area contributed by atoms with Gasteiger partial charge in [-0.05, 0) is 85.5 Å². The Balaban J connectivity index is 1.56. The minimum absolute atomic E-state index is 0.120.